The van der Waals surface area contributed by atoms with Gasteiger partial charge in [-0.15, -0.1) is 0 Å². The molecule has 3 heterocycles. The van der Waals surface area contributed by atoms with E-state index in [1.165, 1.54) is 17.0 Å². The van der Waals surface area contributed by atoms with Gasteiger partial charge in [-0.3, -0.25) is 14.6 Å². The number of imidazole rings is 1. The van der Waals surface area contributed by atoms with Crippen molar-refractivity contribution in [3.63, 3.8) is 0 Å². The fourth-order valence-corrected chi connectivity index (χ4v) is 3.34. The van der Waals surface area contributed by atoms with Crippen molar-refractivity contribution in [2.24, 2.45) is 5.92 Å². The highest BCUT2D eigenvalue weighted by Gasteiger charge is 2.34. The van der Waals surface area contributed by atoms with Crippen LogP contribution in [0.25, 0.3) is 11.5 Å². The highest BCUT2D eigenvalue weighted by Crippen LogP contribution is 2.25. The third-order valence-corrected chi connectivity index (χ3v) is 4.79. The first-order valence-corrected chi connectivity index (χ1v) is 9.23. The smallest absolute Gasteiger partial charge is 0.227 e. The predicted octanol–water partition coefficient (Wildman–Crippen LogP) is 1.65. The summed E-state index contributed by atoms with van der Waals surface area (Å²) in [6, 6.07) is 5.69. The average Bonchev–Trinajstić information content (AvgIpc) is 3.36. The number of benzene rings is 1. The number of rotatable bonds is 6. The van der Waals surface area contributed by atoms with Crippen molar-refractivity contribution in [3.8, 4) is 11.5 Å². The summed E-state index contributed by atoms with van der Waals surface area (Å²) in [4.78, 5) is 38.9. The number of hydrogen-bond acceptors (Lipinski definition) is 5. The van der Waals surface area contributed by atoms with Gasteiger partial charge < -0.3 is 14.8 Å². The van der Waals surface area contributed by atoms with Crippen LogP contribution in [0.1, 0.15) is 6.42 Å². The molecule has 0 saturated carbocycles. The van der Waals surface area contributed by atoms with E-state index < -0.39 is 5.92 Å². The molecule has 3 aromatic rings. The highest BCUT2D eigenvalue weighted by molar-refractivity contribution is 6.00. The van der Waals surface area contributed by atoms with Crippen LogP contribution in [0.4, 0.5) is 10.1 Å². The van der Waals surface area contributed by atoms with Crippen molar-refractivity contribution in [3.05, 3.63) is 61.1 Å². The number of anilines is 1. The summed E-state index contributed by atoms with van der Waals surface area (Å²) in [5, 5.41) is 2.88. The Hall–Kier alpha value is -3.62. The van der Waals surface area contributed by atoms with Gasteiger partial charge in [-0.1, -0.05) is 0 Å². The molecular weight excluding hydrogens is 375 g/mol. The zero-order chi connectivity index (χ0) is 20.2. The summed E-state index contributed by atoms with van der Waals surface area (Å²) in [6.07, 6.45) is 8.44. The molecule has 1 fully saturated rings. The van der Waals surface area contributed by atoms with E-state index in [1.54, 1.807) is 36.9 Å². The number of hydrogen-bond donors (Lipinski definition) is 1. The fraction of sp³-hybridized carbons (Fsp3) is 0.250. The summed E-state index contributed by atoms with van der Waals surface area (Å²) in [7, 11) is 0. The second-order valence-corrected chi connectivity index (χ2v) is 6.71. The first-order valence-electron chi connectivity index (χ1n) is 9.23. The van der Waals surface area contributed by atoms with Crippen molar-refractivity contribution < 1.29 is 14.0 Å². The maximum atomic E-state index is 13.1. The Morgan fingerprint density at radius 3 is 2.76 bits per heavy atom. The molecule has 1 N–H and O–H groups in total. The molecule has 8 nitrogen and oxygen atoms in total. The maximum Gasteiger partial charge on any atom is 0.227 e. The van der Waals surface area contributed by atoms with Crippen LogP contribution < -0.4 is 10.2 Å². The molecule has 4 rings (SSSR count). The number of nitrogens with one attached hydrogen (secondary N) is 1. The Balaban J connectivity index is 1.33. The lowest BCUT2D eigenvalue weighted by Crippen LogP contribution is -2.34. The molecule has 2 aromatic heterocycles. The summed E-state index contributed by atoms with van der Waals surface area (Å²) in [6.45, 7) is 1.19. The van der Waals surface area contributed by atoms with Crippen LogP contribution in [0.2, 0.25) is 0 Å². The minimum atomic E-state index is -0.435. The lowest BCUT2D eigenvalue weighted by Gasteiger charge is -2.16. The molecular formula is C20H19FN6O2. The quantitative estimate of drug-likeness (QED) is 0.686. The molecule has 1 aromatic carbocycles. The molecule has 1 atom stereocenters. The van der Waals surface area contributed by atoms with Crippen LogP contribution in [-0.2, 0) is 16.1 Å². The van der Waals surface area contributed by atoms with Gasteiger partial charge >= 0.3 is 0 Å². The number of carbonyl (C=O) groups excluding carboxylic acids is 2. The fourth-order valence-electron chi connectivity index (χ4n) is 3.34. The third-order valence-electron chi connectivity index (χ3n) is 4.79. The van der Waals surface area contributed by atoms with Gasteiger partial charge in [0.15, 0.2) is 5.82 Å². The molecule has 29 heavy (non-hydrogen) atoms. The summed E-state index contributed by atoms with van der Waals surface area (Å²) >= 11 is 0. The van der Waals surface area contributed by atoms with E-state index in [0.717, 1.165) is 0 Å². The van der Waals surface area contributed by atoms with E-state index >= 15 is 0 Å². The third kappa shape index (κ3) is 4.13. The van der Waals surface area contributed by atoms with Gasteiger partial charge in [0, 0.05) is 56.5 Å². The molecule has 0 aliphatic carbocycles. The normalized spacial score (nSPS) is 16.2. The zero-order valence-electron chi connectivity index (χ0n) is 15.5. The Bertz CT molecular complexity index is 1010. The van der Waals surface area contributed by atoms with Crippen molar-refractivity contribution >= 4 is 17.5 Å². The Labute approximate surface area is 166 Å². The minimum Gasteiger partial charge on any atom is -0.354 e. The second kappa shape index (κ2) is 8.17. The lowest BCUT2D eigenvalue weighted by molar-refractivity contribution is -0.126. The van der Waals surface area contributed by atoms with Gasteiger partial charge in [0.2, 0.25) is 11.8 Å². The predicted molar refractivity (Wildman–Crippen MR) is 103 cm³/mol. The monoisotopic (exact) mass is 394 g/mol. The Morgan fingerprint density at radius 1 is 1.17 bits per heavy atom. The topological polar surface area (TPSA) is 93.0 Å². The zero-order valence-corrected chi connectivity index (χ0v) is 15.5. The minimum absolute atomic E-state index is 0.138. The van der Waals surface area contributed by atoms with Crippen molar-refractivity contribution in [1.29, 1.82) is 0 Å². The first-order chi connectivity index (χ1) is 14.1. The molecule has 0 bridgehead atoms. The second-order valence-electron chi connectivity index (χ2n) is 6.71. The van der Waals surface area contributed by atoms with Gasteiger partial charge in [-0.05, 0) is 24.3 Å². The van der Waals surface area contributed by atoms with Crippen LogP contribution in [0, 0.1) is 11.7 Å². The number of carbonyl (C=O) groups is 2. The van der Waals surface area contributed by atoms with E-state index in [4.69, 9.17) is 0 Å². The molecule has 148 valence electrons. The molecule has 0 radical (unpaired) electrons. The molecule has 1 saturated heterocycles. The number of nitrogens with zero attached hydrogens (tertiary/aromatic N) is 5. The summed E-state index contributed by atoms with van der Waals surface area (Å²) < 4.78 is 15.0. The molecule has 1 aliphatic heterocycles. The highest BCUT2D eigenvalue weighted by atomic mass is 19.1. The number of aromatic nitrogens is 4. The van der Waals surface area contributed by atoms with Gasteiger partial charge in [0.05, 0.1) is 12.1 Å². The average molecular weight is 394 g/mol. The molecule has 1 aliphatic rings. The number of halogens is 1. The van der Waals surface area contributed by atoms with Gasteiger partial charge in [0.1, 0.15) is 11.5 Å². The number of amides is 2. The van der Waals surface area contributed by atoms with Gasteiger partial charge in [-0.2, -0.15) is 0 Å². The van der Waals surface area contributed by atoms with Crippen LogP contribution in [0.15, 0.2) is 55.2 Å². The molecule has 9 heteroatoms. The standard InChI is InChI=1S/C20H19FN6O2/c21-15-1-3-16(4-2-15)27-13-14(11-18(27)28)20(29)25-8-10-26-9-7-24-19(26)17-12-22-5-6-23-17/h1-7,9,12,14H,8,10-11,13H2,(H,25,29)/t14-/m0/s1. The van der Waals surface area contributed by atoms with Crippen molar-refractivity contribution in [2.45, 2.75) is 13.0 Å². The van der Waals surface area contributed by atoms with E-state index in [9.17, 15) is 14.0 Å². The SMILES string of the molecule is O=C(NCCn1ccnc1-c1cnccn1)[C@H]1CC(=O)N(c2ccc(F)cc2)C1. The van der Waals surface area contributed by atoms with E-state index in [-0.39, 0.29) is 30.6 Å². The van der Waals surface area contributed by atoms with Gasteiger partial charge in [0.25, 0.3) is 0 Å². The maximum absolute atomic E-state index is 13.1. The van der Waals surface area contributed by atoms with Crippen LogP contribution >= 0.6 is 0 Å². The molecule has 0 spiro atoms. The van der Waals surface area contributed by atoms with Crippen LogP contribution in [0.5, 0.6) is 0 Å². The van der Waals surface area contributed by atoms with Crippen LogP contribution in [0.3, 0.4) is 0 Å². The summed E-state index contributed by atoms with van der Waals surface area (Å²) in [5.41, 5.74) is 1.25. The van der Waals surface area contributed by atoms with Crippen molar-refractivity contribution in [1.82, 2.24) is 24.8 Å². The van der Waals surface area contributed by atoms with E-state index in [0.29, 0.717) is 30.3 Å². The lowest BCUT2D eigenvalue weighted by atomic mass is 10.1. The molecule has 0 unspecified atom stereocenters. The molecule has 2 amide bonds. The Kier molecular flexibility index (Phi) is 5.28. The Morgan fingerprint density at radius 2 is 2.00 bits per heavy atom. The van der Waals surface area contributed by atoms with Crippen LogP contribution in [-0.4, -0.2) is 44.4 Å². The largest absolute Gasteiger partial charge is 0.354 e. The summed E-state index contributed by atoms with van der Waals surface area (Å²) in [5.74, 6) is -0.448. The first kappa shape index (κ1) is 18.7. The van der Waals surface area contributed by atoms with E-state index in [1.807, 2.05) is 10.8 Å². The van der Waals surface area contributed by atoms with E-state index in [2.05, 4.69) is 20.3 Å². The van der Waals surface area contributed by atoms with Gasteiger partial charge in [-0.25, -0.2) is 14.4 Å². The van der Waals surface area contributed by atoms with Crippen molar-refractivity contribution in [2.75, 3.05) is 18.0 Å².